The molecule has 3 N–H and O–H groups in total. The van der Waals surface area contributed by atoms with E-state index in [1.165, 1.54) is 6.07 Å². The van der Waals surface area contributed by atoms with Crippen molar-refractivity contribution in [1.29, 1.82) is 0 Å². The number of nitrogens with one attached hydrogen (secondary N) is 2. The second-order valence-corrected chi connectivity index (χ2v) is 5.15. The van der Waals surface area contributed by atoms with E-state index in [9.17, 15) is 9.59 Å². The first-order valence-corrected chi connectivity index (χ1v) is 7.07. The second-order valence-electron chi connectivity index (χ2n) is 5.15. The summed E-state index contributed by atoms with van der Waals surface area (Å²) < 4.78 is 5.35. The van der Waals surface area contributed by atoms with Crippen molar-refractivity contribution in [2.75, 3.05) is 19.8 Å². The van der Waals surface area contributed by atoms with E-state index in [-0.39, 0.29) is 11.6 Å². The van der Waals surface area contributed by atoms with Crippen molar-refractivity contribution in [2.24, 2.45) is 5.92 Å². The minimum atomic E-state index is -0.974. The van der Waals surface area contributed by atoms with Gasteiger partial charge in [0.15, 0.2) is 0 Å². The third-order valence-corrected chi connectivity index (χ3v) is 3.43. The molecule has 1 heterocycles. The molecule has 0 spiro atoms. The topological polar surface area (TPSA) is 87.7 Å². The van der Waals surface area contributed by atoms with Crippen LogP contribution in [0.3, 0.4) is 0 Å². The van der Waals surface area contributed by atoms with Crippen LogP contribution in [0, 0.1) is 5.92 Å². The number of carboxylic acid groups (broad SMARTS) is 1. The van der Waals surface area contributed by atoms with Crippen LogP contribution >= 0.6 is 0 Å². The number of hydrogen-bond acceptors (Lipinski definition) is 3. The van der Waals surface area contributed by atoms with Crippen LogP contribution in [0.25, 0.3) is 0 Å². The molecule has 1 aliphatic heterocycles. The molecule has 0 bridgehead atoms. The summed E-state index contributed by atoms with van der Waals surface area (Å²) in [4.78, 5) is 22.6. The van der Waals surface area contributed by atoms with Crippen molar-refractivity contribution in [3.63, 3.8) is 0 Å². The van der Waals surface area contributed by atoms with E-state index in [2.05, 4.69) is 10.6 Å². The number of carbonyl (C=O) groups is 2. The summed E-state index contributed by atoms with van der Waals surface area (Å²) in [7, 11) is 0. The van der Waals surface area contributed by atoms with Gasteiger partial charge in [0.2, 0.25) is 0 Å². The summed E-state index contributed by atoms with van der Waals surface area (Å²) in [6, 6.07) is 6.27. The monoisotopic (exact) mass is 292 g/mol. The predicted molar refractivity (Wildman–Crippen MR) is 77.2 cm³/mol. The Kier molecular flexibility index (Phi) is 5.57. The summed E-state index contributed by atoms with van der Waals surface area (Å²) in [5, 5.41) is 14.4. The molecule has 0 aliphatic carbocycles. The molecule has 0 aromatic heterocycles. The number of urea groups is 1. The van der Waals surface area contributed by atoms with Crippen LogP contribution in [0.1, 0.15) is 28.8 Å². The lowest BCUT2D eigenvalue weighted by Crippen LogP contribution is -2.39. The number of benzene rings is 1. The first-order valence-electron chi connectivity index (χ1n) is 7.07. The predicted octanol–water partition coefficient (Wildman–Crippen LogP) is 1.61. The van der Waals surface area contributed by atoms with E-state index in [0.29, 0.717) is 25.6 Å². The quantitative estimate of drug-likeness (QED) is 0.769. The van der Waals surface area contributed by atoms with E-state index < -0.39 is 5.97 Å². The van der Waals surface area contributed by atoms with Gasteiger partial charge in [-0.25, -0.2) is 9.59 Å². The van der Waals surface area contributed by atoms with Gasteiger partial charge in [-0.3, -0.25) is 0 Å². The number of ether oxygens (including phenoxy) is 1. The van der Waals surface area contributed by atoms with Crippen LogP contribution in [0.2, 0.25) is 0 Å². The number of amides is 2. The highest BCUT2D eigenvalue weighted by Gasteiger charge is 2.14. The van der Waals surface area contributed by atoms with Crippen molar-refractivity contribution in [3.05, 3.63) is 35.4 Å². The molecule has 0 saturated carbocycles. The number of carboxylic acids is 1. The SMILES string of the molecule is O=C(NCc1cccc(C(=O)O)c1)NCC1CCCOC1. The smallest absolute Gasteiger partial charge is 0.335 e. The molecule has 114 valence electrons. The molecular weight excluding hydrogens is 272 g/mol. The van der Waals surface area contributed by atoms with Crippen molar-refractivity contribution >= 4 is 12.0 Å². The van der Waals surface area contributed by atoms with Gasteiger partial charge >= 0.3 is 12.0 Å². The van der Waals surface area contributed by atoms with Crippen molar-refractivity contribution in [3.8, 4) is 0 Å². The Morgan fingerprint density at radius 3 is 2.90 bits per heavy atom. The minimum absolute atomic E-state index is 0.217. The Balaban J connectivity index is 1.73. The van der Waals surface area contributed by atoms with Crippen LogP contribution in [-0.4, -0.2) is 36.9 Å². The number of aromatic carboxylic acids is 1. The van der Waals surface area contributed by atoms with Gasteiger partial charge < -0.3 is 20.5 Å². The molecule has 21 heavy (non-hydrogen) atoms. The van der Waals surface area contributed by atoms with E-state index in [4.69, 9.17) is 9.84 Å². The van der Waals surface area contributed by atoms with Gasteiger partial charge in [-0.05, 0) is 36.5 Å². The molecule has 1 atom stereocenters. The second kappa shape index (κ2) is 7.64. The Morgan fingerprint density at radius 2 is 2.19 bits per heavy atom. The highest BCUT2D eigenvalue weighted by molar-refractivity contribution is 5.87. The lowest BCUT2D eigenvalue weighted by atomic mass is 10.0. The van der Waals surface area contributed by atoms with Crippen molar-refractivity contribution in [2.45, 2.75) is 19.4 Å². The van der Waals surface area contributed by atoms with Crippen LogP contribution < -0.4 is 10.6 Å². The van der Waals surface area contributed by atoms with Crippen molar-refractivity contribution in [1.82, 2.24) is 10.6 Å². The third kappa shape index (κ3) is 5.07. The molecule has 1 fully saturated rings. The molecule has 1 aromatic carbocycles. The van der Waals surface area contributed by atoms with Gasteiger partial charge in [0.25, 0.3) is 0 Å². The van der Waals surface area contributed by atoms with Gasteiger partial charge in [-0.1, -0.05) is 12.1 Å². The molecule has 2 amide bonds. The molecule has 1 aliphatic rings. The zero-order chi connectivity index (χ0) is 15.1. The largest absolute Gasteiger partial charge is 0.478 e. The standard InChI is InChI=1S/C15H20N2O4/c18-14(19)13-5-1-3-11(7-13)8-16-15(20)17-9-12-4-2-6-21-10-12/h1,3,5,7,12H,2,4,6,8-10H2,(H,18,19)(H2,16,17,20). The van der Waals surface area contributed by atoms with Crippen LogP contribution in [0.15, 0.2) is 24.3 Å². The van der Waals surface area contributed by atoms with E-state index >= 15 is 0 Å². The van der Waals surface area contributed by atoms with Crippen LogP contribution in [-0.2, 0) is 11.3 Å². The maximum Gasteiger partial charge on any atom is 0.335 e. The molecule has 1 unspecified atom stereocenters. The summed E-state index contributed by atoms with van der Waals surface area (Å²) >= 11 is 0. The Labute approximate surface area is 123 Å². The van der Waals surface area contributed by atoms with Crippen LogP contribution in [0.5, 0.6) is 0 Å². The number of carbonyl (C=O) groups excluding carboxylic acids is 1. The molecule has 0 radical (unpaired) electrons. The summed E-state index contributed by atoms with van der Waals surface area (Å²) in [6.45, 7) is 2.40. The highest BCUT2D eigenvalue weighted by atomic mass is 16.5. The fourth-order valence-electron chi connectivity index (χ4n) is 2.26. The zero-order valence-corrected chi connectivity index (χ0v) is 11.8. The first-order chi connectivity index (χ1) is 10.1. The highest BCUT2D eigenvalue weighted by Crippen LogP contribution is 2.12. The molecule has 2 rings (SSSR count). The summed E-state index contributed by atoms with van der Waals surface area (Å²) in [5.74, 6) is -0.599. The Morgan fingerprint density at radius 1 is 1.33 bits per heavy atom. The molecule has 1 saturated heterocycles. The zero-order valence-electron chi connectivity index (χ0n) is 11.8. The Hall–Kier alpha value is -2.08. The minimum Gasteiger partial charge on any atom is -0.478 e. The summed E-state index contributed by atoms with van der Waals surface area (Å²) in [5.41, 5.74) is 0.972. The molecule has 6 heteroatoms. The van der Waals surface area contributed by atoms with Gasteiger partial charge in [0.1, 0.15) is 0 Å². The number of hydrogen-bond donors (Lipinski definition) is 3. The average molecular weight is 292 g/mol. The Bertz CT molecular complexity index is 498. The first kappa shape index (κ1) is 15.3. The van der Waals surface area contributed by atoms with Gasteiger partial charge in [-0.2, -0.15) is 0 Å². The average Bonchev–Trinajstić information content (AvgIpc) is 2.52. The normalized spacial score (nSPS) is 18.0. The van der Waals surface area contributed by atoms with Crippen molar-refractivity contribution < 1.29 is 19.4 Å². The van der Waals surface area contributed by atoms with Crippen LogP contribution in [0.4, 0.5) is 4.79 Å². The fourth-order valence-corrected chi connectivity index (χ4v) is 2.26. The van der Waals surface area contributed by atoms with E-state index in [0.717, 1.165) is 25.0 Å². The molecule has 6 nitrogen and oxygen atoms in total. The lowest BCUT2D eigenvalue weighted by Gasteiger charge is -2.22. The van der Waals surface area contributed by atoms with Gasteiger partial charge in [-0.15, -0.1) is 0 Å². The van der Waals surface area contributed by atoms with E-state index in [1.807, 2.05) is 0 Å². The third-order valence-electron chi connectivity index (χ3n) is 3.43. The fraction of sp³-hybridized carbons (Fsp3) is 0.467. The van der Waals surface area contributed by atoms with E-state index in [1.54, 1.807) is 18.2 Å². The molecular formula is C15H20N2O4. The maximum atomic E-state index is 11.7. The van der Waals surface area contributed by atoms with Gasteiger partial charge in [0, 0.05) is 19.7 Å². The maximum absolute atomic E-state index is 11.7. The summed E-state index contributed by atoms with van der Waals surface area (Å²) in [6.07, 6.45) is 2.11. The van der Waals surface area contributed by atoms with Gasteiger partial charge in [0.05, 0.1) is 12.2 Å². The lowest BCUT2D eigenvalue weighted by molar-refractivity contribution is 0.0557. The number of rotatable bonds is 5. The molecule has 1 aromatic rings.